The van der Waals surface area contributed by atoms with Crippen molar-refractivity contribution < 1.29 is 18.7 Å². The third kappa shape index (κ3) is 3.43. The van der Waals surface area contributed by atoms with Crippen LogP contribution < -0.4 is 9.47 Å². The molecular formula is C14H18FNO3. The number of pyridine rings is 1. The summed E-state index contributed by atoms with van der Waals surface area (Å²) < 4.78 is 23.2. The maximum atomic E-state index is 13.4. The zero-order chi connectivity index (χ0) is 13.8. The molecule has 1 saturated carbocycles. The summed E-state index contributed by atoms with van der Waals surface area (Å²) >= 11 is 0. The van der Waals surface area contributed by atoms with Crippen molar-refractivity contribution >= 4 is 5.97 Å². The van der Waals surface area contributed by atoms with E-state index in [1.54, 1.807) is 0 Å². The second-order valence-electron chi connectivity index (χ2n) is 5.02. The smallest absolute Gasteiger partial charge is 0.315 e. The predicted octanol–water partition coefficient (Wildman–Crippen LogP) is 2.96. The van der Waals surface area contributed by atoms with E-state index in [0.717, 1.165) is 25.7 Å². The molecule has 0 N–H and O–H groups in total. The van der Waals surface area contributed by atoms with Crippen LogP contribution in [0.5, 0.6) is 11.6 Å². The summed E-state index contributed by atoms with van der Waals surface area (Å²) in [5, 5.41) is 0. The normalized spacial score (nSPS) is 22.9. The highest BCUT2D eigenvalue weighted by molar-refractivity contribution is 5.74. The van der Waals surface area contributed by atoms with Gasteiger partial charge in [0.1, 0.15) is 0 Å². The SMILES string of the molecule is COc1ccc(OC(=O)C2CCC(C)CC2)nc1F. The Balaban J connectivity index is 1.97. The first-order chi connectivity index (χ1) is 9.10. The van der Waals surface area contributed by atoms with Crippen molar-refractivity contribution in [3.05, 3.63) is 18.1 Å². The Hall–Kier alpha value is -1.65. The fourth-order valence-electron chi connectivity index (χ4n) is 2.30. The maximum absolute atomic E-state index is 13.4. The largest absolute Gasteiger partial charge is 0.492 e. The Morgan fingerprint density at radius 1 is 1.32 bits per heavy atom. The van der Waals surface area contributed by atoms with Crippen LogP contribution in [0.4, 0.5) is 4.39 Å². The molecule has 1 heterocycles. The van der Waals surface area contributed by atoms with Gasteiger partial charge in [0.15, 0.2) is 5.75 Å². The van der Waals surface area contributed by atoms with Gasteiger partial charge in [-0.2, -0.15) is 9.37 Å². The molecule has 1 aromatic heterocycles. The molecule has 0 unspecified atom stereocenters. The highest BCUT2D eigenvalue weighted by Gasteiger charge is 2.26. The van der Waals surface area contributed by atoms with Crippen molar-refractivity contribution in [1.29, 1.82) is 0 Å². The van der Waals surface area contributed by atoms with E-state index in [2.05, 4.69) is 11.9 Å². The van der Waals surface area contributed by atoms with Crippen molar-refractivity contribution in [2.24, 2.45) is 11.8 Å². The molecule has 5 heteroatoms. The van der Waals surface area contributed by atoms with Crippen LogP contribution in [0.15, 0.2) is 12.1 Å². The monoisotopic (exact) mass is 267 g/mol. The summed E-state index contributed by atoms with van der Waals surface area (Å²) in [5.41, 5.74) is 0. The van der Waals surface area contributed by atoms with E-state index in [9.17, 15) is 9.18 Å². The quantitative estimate of drug-likeness (QED) is 0.624. The number of carbonyl (C=O) groups is 1. The molecule has 2 rings (SSSR count). The van der Waals surface area contributed by atoms with E-state index in [0.29, 0.717) is 5.92 Å². The number of methoxy groups -OCH3 is 1. The summed E-state index contributed by atoms with van der Waals surface area (Å²) in [6.45, 7) is 2.18. The van der Waals surface area contributed by atoms with E-state index in [4.69, 9.17) is 9.47 Å². The van der Waals surface area contributed by atoms with Gasteiger partial charge in [-0.3, -0.25) is 4.79 Å². The lowest BCUT2D eigenvalue weighted by atomic mass is 9.83. The van der Waals surface area contributed by atoms with Crippen LogP contribution >= 0.6 is 0 Å². The molecule has 4 nitrogen and oxygen atoms in total. The van der Waals surface area contributed by atoms with E-state index < -0.39 is 5.95 Å². The predicted molar refractivity (Wildman–Crippen MR) is 67.5 cm³/mol. The van der Waals surface area contributed by atoms with Gasteiger partial charge in [-0.1, -0.05) is 6.92 Å². The first kappa shape index (κ1) is 13.8. The second kappa shape index (κ2) is 5.99. The van der Waals surface area contributed by atoms with E-state index >= 15 is 0 Å². The lowest BCUT2D eigenvalue weighted by molar-refractivity contribution is -0.140. The average Bonchev–Trinajstić information content (AvgIpc) is 2.39. The number of ether oxygens (including phenoxy) is 2. The van der Waals surface area contributed by atoms with Gasteiger partial charge in [0.25, 0.3) is 5.95 Å². The summed E-state index contributed by atoms with van der Waals surface area (Å²) in [6.07, 6.45) is 3.73. The molecule has 0 aromatic carbocycles. The molecule has 0 saturated heterocycles. The fourth-order valence-corrected chi connectivity index (χ4v) is 2.30. The van der Waals surface area contributed by atoms with Crippen LogP contribution in [0.3, 0.4) is 0 Å². The zero-order valence-electron chi connectivity index (χ0n) is 11.2. The Kier molecular flexibility index (Phi) is 4.35. The number of halogens is 1. The van der Waals surface area contributed by atoms with E-state index in [1.807, 2.05) is 0 Å². The van der Waals surface area contributed by atoms with Gasteiger partial charge in [-0.05, 0) is 37.7 Å². The number of hydrogen-bond acceptors (Lipinski definition) is 4. The molecule has 104 valence electrons. The summed E-state index contributed by atoms with van der Waals surface area (Å²) in [6, 6.07) is 2.83. The minimum atomic E-state index is -0.773. The van der Waals surface area contributed by atoms with E-state index in [1.165, 1.54) is 19.2 Å². The number of nitrogens with zero attached hydrogens (tertiary/aromatic N) is 1. The van der Waals surface area contributed by atoms with Crippen LogP contribution in [-0.4, -0.2) is 18.1 Å². The molecule has 0 amide bonds. The molecule has 1 aliphatic rings. The third-order valence-electron chi connectivity index (χ3n) is 3.56. The zero-order valence-corrected chi connectivity index (χ0v) is 11.2. The standard InChI is InChI=1S/C14H18FNO3/c1-9-3-5-10(6-4-9)14(17)19-12-8-7-11(18-2)13(15)16-12/h7-10H,3-6H2,1-2H3. The van der Waals surface area contributed by atoms with Crippen molar-refractivity contribution in [2.45, 2.75) is 32.6 Å². The maximum Gasteiger partial charge on any atom is 0.315 e. The van der Waals surface area contributed by atoms with Crippen LogP contribution in [0.1, 0.15) is 32.6 Å². The van der Waals surface area contributed by atoms with Crippen molar-refractivity contribution in [3.8, 4) is 11.6 Å². The third-order valence-corrected chi connectivity index (χ3v) is 3.56. The van der Waals surface area contributed by atoms with Crippen molar-refractivity contribution in [1.82, 2.24) is 4.98 Å². The van der Waals surface area contributed by atoms with Crippen molar-refractivity contribution in [3.63, 3.8) is 0 Å². The van der Waals surface area contributed by atoms with Gasteiger partial charge in [-0.15, -0.1) is 0 Å². The van der Waals surface area contributed by atoms with Crippen molar-refractivity contribution in [2.75, 3.05) is 7.11 Å². The lowest BCUT2D eigenvalue weighted by Gasteiger charge is -2.24. The molecule has 0 aliphatic heterocycles. The molecule has 0 radical (unpaired) electrons. The second-order valence-corrected chi connectivity index (χ2v) is 5.02. The van der Waals surface area contributed by atoms with Gasteiger partial charge < -0.3 is 9.47 Å². The first-order valence-electron chi connectivity index (χ1n) is 6.52. The number of carbonyl (C=O) groups excluding carboxylic acids is 1. The number of aromatic nitrogens is 1. The molecule has 1 aromatic rings. The van der Waals surface area contributed by atoms with Crippen LogP contribution in [-0.2, 0) is 4.79 Å². The molecule has 1 fully saturated rings. The van der Waals surface area contributed by atoms with Gasteiger partial charge in [0, 0.05) is 6.07 Å². The summed E-state index contributed by atoms with van der Waals surface area (Å²) in [5.74, 6) is -0.494. The minimum absolute atomic E-state index is 0.0121. The molecular weight excluding hydrogens is 249 g/mol. The molecule has 0 bridgehead atoms. The molecule has 19 heavy (non-hydrogen) atoms. The Labute approximate surface area is 111 Å². The highest BCUT2D eigenvalue weighted by Crippen LogP contribution is 2.29. The number of esters is 1. The topological polar surface area (TPSA) is 48.4 Å². The molecule has 1 aliphatic carbocycles. The van der Waals surface area contributed by atoms with Crippen LogP contribution in [0, 0.1) is 17.8 Å². The lowest BCUT2D eigenvalue weighted by Crippen LogP contribution is -2.25. The average molecular weight is 267 g/mol. The van der Waals surface area contributed by atoms with Gasteiger partial charge in [0.05, 0.1) is 13.0 Å². The highest BCUT2D eigenvalue weighted by atomic mass is 19.1. The van der Waals surface area contributed by atoms with Gasteiger partial charge in [0.2, 0.25) is 5.88 Å². The first-order valence-corrected chi connectivity index (χ1v) is 6.52. The molecule has 0 atom stereocenters. The van der Waals surface area contributed by atoms with E-state index in [-0.39, 0.29) is 23.5 Å². The van der Waals surface area contributed by atoms with Crippen LogP contribution in [0.2, 0.25) is 0 Å². The Morgan fingerprint density at radius 3 is 2.58 bits per heavy atom. The Bertz CT molecular complexity index is 456. The summed E-state index contributed by atoms with van der Waals surface area (Å²) in [7, 11) is 1.36. The summed E-state index contributed by atoms with van der Waals surface area (Å²) in [4.78, 5) is 15.5. The number of rotatable bonds is 3. The Morgan fingerprint density at radius 2 is 2.00 bits per heavy atom. The minimum Gasteiger partial charge on any atom is -0.492 e. The fraction of sp³-hybridized carbons (Fsp3) is 0.571. The molecule has 0 spiro atoms. The van der Waals surface area contributed by atoms with Gasteiger partial charge >= 0.3 is 5.97 Å². The van der Waals surface area contributed by atoms with Crippen LogP contribution in [0.25, 0.3) is 0 Å². The number of hydrogen-bond donors (Lipinski definition) is 0. The van der Waals surface area contributed by atoms with Gasteiger partial charge in [-0.25, -0.2) is 0 Å².